The van der Waals surface area contributed by atoms with Crippen LogP contribution in [0.2, 0.25) is 5.28 Å². The maximum atomic E-state index is 12.1. The van der Waals surface area contributed by atoms with Gasteiger partial charge in [-0.25, -0.2) is 13.4 Å². The summed E-state index contributed by atoms with van der Waals surface area (Å²) >= 11 is 5.87. The van der Waals surface area contributed by atoms with E-state index in [0.717, 1.165) is 0 Å². The van der Waals surface area contributed by atoms with E-state index in [9.17, 15) is 13.2 Å². The van der Waals surface area contributed by atoms with Crippen LogP contribution in [0.15, 0.2) is 4.90 Å². The zero-order chi connectivity index (χ0) is 15.2. The van der Waals surface area contributed by atoms with Crippen LogP contribution < -0.4 is 5.32 Å². The van der Waals surface area contributed by atoms with Crippen molar-refractivity contribution in [1.82, 2.24) is 14.9 Å². The maximum absolute atomic E-state index is 12.1. The Kier molecular flexibility index (Phi) is 3.53. The number of amides is 1. The molecule has 21 heavy (non-hydrogen) atoms. The molecule has 0 spiro atoms. The number of piperidine rings is 1. The van der Waals surface area contributed by atoms with E-state index in [0.29, 0.717) is 31.5 Å². The quantitative estimate of drug-likeness (QED) is 0.793. The second-order valence-corrected chi connectivity index (χ2v) is 7.72. The predicted octanol–water partition coefficient (Wildman–Crippen LogP) is 0.492. The summed E-state index contributed by atoms with van der Waals surface area (Å²) < 4.78 is 24.2. The van der Waals surface area contributed by atoms with E-state index >= 15 is 0 Å². The summed E-state index contributed by atoms with van der Waals surface area (Å²) in [5.41, 5.74) is 0.470. The molecule has 1 fully saturated rings. The summed E-state index contributed by atoms with van der Waals surface area (Å²) in [5.74, 6) is 0.386. The average molecular weight is 331 g/mol. The van der Waals surface area contributed by atoms with Gasteiger partial charge in [0.05, 0.1) is 11.4 Å². The molecule has 3 heterocycles. The Morgan fingerprint density at radius 3 is 2.81 bits per heavy atom. The Bertz CT molecular complexity index is 707. The van der Waals surface area contributed by atoms with Gasteiger partial charge in [-0.1, -0.05) is 0 Å². The zero-order valence-corrected chi connectivity index (χ0v) is 13.0. The predicted molar refractivity (Wildman–Crippen MR) is 77.1 cm³/mol. The first kappa shape index (κ1) is 14.5. The number of nitrogens with one attached hydrogen (secondary N) is 1. The lowest BCUT2D eigenvalue weighted by Gasteiger charge is -2.30. The SMILES string of the molecule is CN1CC(Nc2nc(Cl)nc3c2S(=O)(=O)CC3)CCC1=O. The molecular formula is C12H15ClN4O3S. The van der Waals surface area contributed by atoms with E-state index in [1.165, 1.54) is 0 Å². The minimum atomic E-state index is -3.35. The molecule has 3 rings (SSSR count). The second kappa shape index (κ2) is 5.10. The molecule has 1 unspecified atom stereocenters. The lowest BCUT2D eigenvalue weighted by atomic mass is 10.1. The van der Waals surface area contributed by atoms with Crippen LogP contribution >= 0.6 is 11.6 Å². The summed E-state index contributed by atoms with van der Waals surface area (Å²) in [6.07, 6.45) is 1.43. The lowest BCUT2D eigenvalue weighted by Crippen LogP contribution is -2.43. The Morgan fingerprint density at radius 1 is 1.33 bits per heavy atom. The molecule has 1 N–H and O–H groups in total. The first-order valence-corrected chi connectivity index (χ1v) is 8.69. The van der Waals surface area contributed by atoms with Crippen LogP contribution in [0.5, 0.6) is 0 Å². The Hall–Kier alpha value is -1.41. The Balaban J connectivity index is 1.92. The molecule has 9 heteroatoms. The molecule has 114 valence electrons. The highest BCUT2D eigenvalue weighted by atomic mass is 35.5. The number of sulfone groups is 1. The first-order chi connectivity index (χ1) is 9.87. The van der Waals surface area contributed by atoms with E-state index in [1.807, 2.05) is 0 Å². The van der Waals surface area contributed by atoms with Gasteiger partial charge >= 0.3 is 0 Å². The van der Waals surface area contributed by atoms with Crippen molar-refractivity contribution in [3.63, 3.8) is 0 Å². The van der Waals surface area contributed by atoms with Crippen molar-refractivity contribution < 1.29 is 13.2 Å². The first-order valence-electron chi connectivity index (χ1n) is 6.66. The van der Waals surface area contributed by atoms with Crippen LogP contribution in [0.3, 0.4) is 0 Å². The number of aryl methyl sites for hydroxylation is 1. The number of hydrogen-bond donors (Lipinski definition) is 1. The van der Waals surface area contributed by atoms with Gasteiger partial charge in [0.15, 0.2) is 9.84 Å². The third kappa shape index (κ3) is 2.69. The molecule has 1 aromatic rings. The highest BCUT2D eigenvalue weighted by Gasteiger charge is 2.34. The molecule has 0 bridgehead atoms. The summed E-state index contributed by atoms with van der Waals surface area (Å²) in [6.45, 7) is 0.509. The molecular weight excluding hydrogens is 316 g/mol. The topological polar surface area (TPSA) is 92.3 Å². The molecule has 7 nitrogen and oxygen atoms in total. The molecule has 2 aliphatic heterocycles. The number of likely N-dealkylation sites (tertiary alicyclic amines) is 1. The smallest absolute Gasteiger partial charge is 0.224 e. The third-order valence-electron chi connectivity index (χ3n) is 3.79. The van der Waals surface area contributed by atoms with Gasteiger partial charge in [0.2, 0.25) is 11.2 Å². The normalized spacial score (nSPS) is 24.0. The Labute approximate surface area is 127 Å². The Morgan fingerprint density at radius 2 is 2.10 bits per heavy atom. The summed E-state index contributed by atoms with van der Waals surface area (Å²) in [5, 5.41) is 3.16. The fraction of sp³-hybridized carbons (Fsp3) is 0.583. The van der Waals surface area contributed by atoms with Crippen molar-refractivity contribution >= 4 is 33.2 Å². The van der Waals surface area contributed by atoms with Crippen molar-refractivity contribution in [1.29, 1.82) is 0 Å². The van der Waals surface area contributed by atoms with E-state index in [-0.39, 0.29) is 33.7 Å². The molecule has 1 saturated heterocycles. The van der Waals surface area contributed by atoms with Gasteiger partial charge in [0.1, 0.15) is 10.7 Å². The fourth-order valence-corrected chi connectivity index (χ4v) is 4.48. The number of carbonyl (C=O) groups excluding carboxylic acids is 1. The van der Waals surface area contributed by atoms with Gasteiger partial charge in [0.25, 0.3) is 0 Å². The molecule has 1 aromatic heterocycles. The number of likely N-dealkylation sites (N-methyl/N-ethyl adjacent to an activating group) is 1. The van der Waals surface area contributed by atoms with E-state index in [2.05, 4.69) is 15.3 Å². The van der Waals surface area contributed by atoms with Gasteiger partial charge in [-0.3, -0.25) is 4.79 Å². The minimum Gasteiger partial charge on any atom is -0.364 e. The summed E-state index contributed by atoms with van der Waals surface area (Å²) in [7, 11) is -1.63. The number of hydrogen-bond acceptors (Lipinski definition) is 6. The number of carbonyl (C=O) groups is 1. The van der Waals surface area contributed by atoms with Crippen LogP contribution in [-0.2, 0) is 21.1 Å². The van der Waals surface area contributed by atoms with Crippen molar-refractivity contribution in [2.24, 2.45) is 0 Å². The van der Waals surface area contributed by atoms with Crippen LogP contribution in [0, 0.1) is 0 Å². The van der Waals surface area contributed by atoms with Gasteiger partial charge in [-0.15, -0.1) is 0 Å². The van der Waals surface area contributed by atoms with Gasteiger partial charge in [-0.05, 0) is 18.0 Å². The monoisotopic (exact) mass is 330 g/mol. The number of aromatic nitrogens is 2. The molecule has 0 radical (unpaired) electrons. The highest BCUT2D eigenvalue weighted by molar-refractivity contribution is 7.91. The van der Waals surface area contributed by atoms with E-state index < -0.39 is 9.84 Å². The largest absolute Gasteiger partial charge is 0.364 e. The van der Waals surface area contributed by atoms with Crippen LogP contribution in [-0.4, -0.2) is 54.6 Å². The second-order valence-electron chi connectivity index (χ2n) is 5.34. The van der Waals surface area contributed by atoms with Crippen LogP contribution in [0.25, 0.3) is 0 Å². The number of nitrogens with zero attached hydrogens (tertiary/aromatic N) is 3. The van der Waals surface area contributed by atoms with Gasteiger partial charge < -0.3 is 10.2 Å². The van der Waals surface area contributed by atoms with Crippen molar-refractivity contribution in [3.8, 4) is 0 Å². The van der Waals surface area contributed by atoms with Gasteiger partial charge in [-0.2, -0.15) is 4.98 Å². The summed E-state index contributed by atoms with van der Waals surface area (Å²) in [6, 6.07) is -0.0430. The van der Waals surface area contributed by atoms with Gasteiger partial charge in [0, 0.05) is 32.5 Å². The number of rotatable bonds is 2. The standard InChI is InChI=1S/C12H15ClN4O3S/c1-17-6-7(2-3-9(17)18)14-11-10-8(15-12(13)16-11)4-5-21(10,19)20/h7H,2-6H2,1H3,(H,14,15,16). The molecule has 1 atom stereocenters. The molecule has 0 saturated carbocycles. The maximum Gasteiger partial charge on any atom is 0.224 e. The van der Waals surface area contributed by atoms with Crippen LogP contribution in [0.4, 0.5) is 5.82 Å². The number of anilines is 1. The minimum absolute atomic E-state index is 0.0357. The lowest BCUT2D eigenvalue weighted by molar-refractivity contribution is -0.132. The average Bonchev–Trinajstić information content (AvgIpc) is 2.69. The molecule has 0 aliphatic carbocycles. The van der Waals surface area contributed by atoms with E-state index in [4.69, 9.17) is 11.6 Å². The summed E-state index contributed by atoms with van der Waals surface area (Å²) in [4.78, 5) is 21.3. The number of fused-ring (bicyclic) bond motifs is 1. The highest BCUT2D eigenvalue weighted by Crippen LogP contribution is 2.32. The van der Waals surface area contributed by atoms with Crippen LogP contribution in [0.1, 0.15) is 18.5 Å². The van der Waals surface area contributed by atoms with Crippen molar-refractivity contribution in [3.05, 3.63) is 11.0 Å². The third-order valence-corrected chi connectivity index (χ3v) is 5.76. The van der Waals surface area contributed by atoms with Crippen molar-refractivity contribution in [2.45, 2.75) is 30.2 Å². The fourth-order valence-electron chi connectivity index (χ4n) is 2.72. The molecule has 0 aromatic carbocycles. The molecule has 1 amide bonds. The van der Waals surface area contributed by atoms with E-state index in [1.54, 1.807) is 11.9 Å². The van der Waals surface area contributed by atoms with Crippen molar-refractivity contribution in [2.75, 3.05) is 24.7 Å². The molecule has 2 aliphatic rings. The number of halogens is 1. The zero-order valence-electron chi connectivity index (χ0n) is 11.5.